The van der Waals surface area contributed by atoms with Crippen molar-refractivity contribution in [1.82, 2.24) is 4.90 Å². The van der Waals surface area contributed by atoms with Crippen LogP contribution in [-0.4, -0.2) is 56.6 Å². The number of aliphatic imine (C=N–C) groups is 1. The number of aromatic hydroxyl groups is 1. The summed E-state index contributed by atoms with van der Waals surface area (Å²) in [5.74, 6) is -5.97. The number of halogens is 2. The van der Waals surface area contributed by atoms with E-state index in [0.717, 1.165) is 23.1 Å². The van der Waals surface area contributed by atoms with Gasteiger partial charge in [-0.05, 0) is 30.7 Å². The second kappa shape index (κ2) is 6.95. The van der Waals surface area contributed by atoms with Gasteiger partial charge < -0.3 is 21.1 Å². The third kappa shape index (κ3) is 3.80. The molecule has 0 radical (unpaired) electrons. The van der Waals surface area contributed by atoms with E-state index >= 15 is 0 Å². The lowest BCUT2D eigenvalue weighted by Gasteiger charge is -2.22. The molecule has 1 amide bonds. The highest BCUT2D eigenvalue weighted by atomic mass is 19.1. The Morgan fingerprint density at radius 1 is 1.40 bits per heavy atom. The third-order valence-corrected chi connectivity index (χ3v) is 3.43. The number of phenolic OH excluding ortho intramolecular Hbond substituents is 1. The molecule has 0 unspecified atom stereocenters. The number of aliphatic hydroxyl groups is 1. The molecular weight excluding hydrogens is 340 g/mol. The molecule has 1 aromatic carbocycles. The van der Waals surface area contributed by atoms with Crippen molar-refractivity contribution in [3.05, 3.63) is 35.0 Å². The molecule has 0 spiro atoms. The topological polar surface area (TPSA) is 136 Å². The van der Waals surface area contributed by atoms with Gasteiger partial charge >= 0.3 is 5.97 Å². The third-order valence-electron chi connectivity index (χ3n) is 3.43. The van der Waals surface area contributed by atoms with E-state index in [4.69, 9.17) is 15.9 Å². The number of benzene rings is 1. The molecular formula is C15H15F2N3O5. The predicted molar refractivity (Wildman–Crippen MR) is 82.4 cm³/mol. The molecule has 0 bridgehead atoms. The lowest BCUT2D eigenvalue weighted by molar-refractivity contribution is -0.140. The van der Waals surface area contributed by atoms with E-state index in [1.54, 1.807) is 0 Å². The number of rotatable bonds is 5. The minimum absolute atomic E-state index is 0.109. The van der Waals surface area contributed by atoms with Gasteiger partial charge in [0.2, 0.25) is 0 Å². The van der Waals surface area contributed by atoms with Gasteiger partial charge in [-0.2, -0.15) is 0 Å². The van der Waals surface area contributed by atoms with Gasteiger partial charge in [0, 0.05) is 0 Å². The fourth-order valence-electron chi connectivity index (χ4n) is 2.15. The highest BCUT2D eigenvalue weighted by molar-refractivity contribution is 6.17. The molecule has 0 saturated carbocycles. The molecule has 2 rings (SSSR count). The van der Waals surface area contributed by atoms with Gasteiger partial charge in [-0.3, -0.25) is 14.5 Å². The van der Waals surface area contributed by atoms with E-state index in [9.17, 15) is 23.5 Å². The Morgan fingerprint density at radius 2 is 1.96 bits per heavy atom. The van der Waals surface area contributed by atoms with E-state index in [-0.39, 0.29) is 17.1 Å². The minimum Gasteiger partial charge on any atom is -0.503 e. The van der Waals surface area contributed by atoms with Crippen molar-refractivity contribution in [3.63, 3.8) is 0 Å². The first-order valence-corrected chi connectivity index (χ1v) is 7.07. The number of aliphatic hydroxyl groups excluding tert-OH is 1. The summed E-state index contributed by atoms with van der Waals surface area (Å²) in [4.78, 5) is 27.9. The van der Waals surface area contributed by atoms with Gasteiger partial charge in [0.1, 0.15) is 18.1 Å². The number of hydrogen-bond donors (Lipinski definition) is 4. The molecule has 1 heterocycles. The maximum atomic E-state index is 13.4. The Labute approximate surface area is 140 Å². The zero-order valence-electron chi connectivity index (χ0n) is 13.0. The monoisotopic (exact) mass is 355 g/mol. The lowest BCUT2D eigenvalue weighted by Crippen LogP contribution is -2.50. The fourth-order valence-corrected chi connectivity index (χ4v) is 2.15. The Hall–Kier alpha value is -2.85. The van der Waals surface area contributed by atoms with Gasteiger partial charge in [-0.25, -0.2) is 13.8 Å². The van der Waals surface area contributed by atoms with Crippen molar-refractivity contribution in [2.45, 2.75) is 19.1 Å². The molecule has 1 aliphatic heterocycles. The highest BCUT2D eigenvalue weighted by Gasteiger charge is 2.36. The maximum absolute atomic E-state index is 13.4. The fraction of sp³-hybridized carbons (Fsp3) is 0.267. The Morgan fingerprint density at radius 3 is 2.44 bits per heavy atom. The number of hydrogen-bond acceptors (Lipinski definition) is 6. The number of amides is 1. The summed E-state index contributed by atoms with van der Waals surface area (Å²) < 4.78 is 26.8. The van der Waals surface area contributed by atoms with E-state index in [1.807, 2.05) is 0 Å². The molecule has 0 saturated heterocycles. The molecule has 134 valence electrons. The number of amidine groups is 1. The minimum atomic E-state index is -1.33. The van der Waals surface area contributed by atoms with Gasteiger partial charge in [0.15, 0.2) is 17.4 Å². The van der Waals surface area contributed by atoms with Crippen LogP contribution < -0.4 is 5.73 Å². The first-order valence-electron chi connectivity index (χ1n) is 7.07. The van der Waals surface area contributed by atoms with Crippen LogP contribution in [0.25, 0.3) is 6.08 Å². The number of carboxylic acid groups (broad SMARTS) is 1. The van der Waals surface area contributed by atoms with Crippen molar-refractivity contribution in [3.8, 4) is 5.75 Å². The Kier molecular flexibility index (Phi) is 5.14. The molecule has 10 heteroatoms. The van der Waals surface area contributed by atoms with Crippen molar-refractivity contribution in [2.24, 2.45) is 10.7 Å². The van der Waals surface area contributed by atoms with E-state index in [1.165, 1.54) is 6.92 Å². The summed E-state index contributed by atoms with van der Waals surface area (Å²) in [6, 6.07) is 0.424. The zero-order chi connectivity index (χ0) is 18.9. The van der Waals surface area contributed by atoms with Crippen LogP contribution in [0.5, 0.6) is 5.75 Å². The van der Waals surface area contributed by atoms with E-state index in [2.05, 4.69) is 4.99 Å². The zero-order valence-corrected chi connectivity index (χ0v) is 13.0. The predicted octanol–water partition coefficient (Wildman–Crippen LogP) is 0.0447. The first kappa shape index (κ1) is 18.5. The molecule has 1 aliphatic rings. The van der Waals surface area contributed by atoms with Gasteiger partial charge in [0.25, 0.3) is 5.91 Å². The molecule has 0 fully saturated rings. The summed E-state index contributed by atoms with van der Waals surface area (Å²) in [5.41, 5.74) is 5.31. The number of phenols is 1. The summed E-state index contributed by atoms with van der Waals surface area (Å²) in [7, 11) is 0. The van der Waals surface area contributed by atoms with Crippen LogP contribution in [0.15, 0.2) is 22.8 Å². The van der Waals surface area contributed by atoms with E-state index < -0.39 is 48.0 Å². The second-order valence-electron chi connectivity index (χ2n) is 5.38. The van der Waals surface area contributed by atoms with Gasteiger partial charge in [-0.15, -0.1) is 0 Å². The number of aliphatic carboxylic acids is 1. The number of nitrogens with two attached hydrogens (primary N) is 1. The Bertz CT molecular complexity index is 768. The normalized spacial score (nSPS) is 18.4. The van der Waals surface area contributed by atoms with Gasteiger partial charge in [0.05, 0.1) is 12.1 Å². The second-order valence-corrected chi connectivity index (χ2v) is 5.38. The molecule has 5 N–H and O–H groups in total. The Balaban J connectivity index is 2.47. The average Bonchev–Trinajstić information content (AvgIpc) is 2.80. The summed E-state index contributed by atoms with van der Waals surface area (Å²) >= 11 is 0. The van der Waals surface area contributed by atoms with Crippen LogP contribution in [0.1, 0.15) is 12.5 Å². The average molecular weight is 355 g/mol. The smallest absolute Gasteiger partial charge is 0.323 e. The van der Waals surface area contributed by atoms with E-state index in [0.29, 0.717) is 0 Å². The lowest BCUT2D eigenvalue weighted by atomic mass is 10.1. The summed E-state index contributed by atoms with van der Waals surface area (Å²) in [6.07, 6.45) is -0.101. The van der Waals surface area contributed by atoms with Crippen LogP contribution in [0.2, 0.25) is 0 Å². The number of nitrogens with zero attached hydrogens (tertiary/aromatic N) is 2. The van der Waals surface area contributed by atoms with Crippen molar-refractivity contribution in [2.75, 3.05) is 6.54 Å². The largest absolute Gasteiger partial charge is 0.503 e. The highest BCUT2D eigenvalue weighted by Crippen LogP contribution is 2.25. The quantitative estimate of drug-likeness (QED) is 0.551. The number of carbonyl (C=O) groups is 2. The van der Waals surface area contributed by atoms with Crippen LogP contribution in [0.4, 0.5) is 8.78 Å². The molecule has 8 nitrogen and oxygen atoms in total. The van der Waals surface area contributed by atoms with Crippen LogP contribution >= 0.6 is 0 Å². The van der Waals surface area contributed by atoms with Crippen molar-refractivity contribution in [1.29, 1.82) is 0 Å². The molecule has 2 atom stereocenters. The molecule has 0 aliphatic carbocycles. The SMILES string of the molecule is C[C@@H](O)[C@H](N)C1=N/C(=C\c2cc(F)c(O)c(F)c2)C(=O)N1CC(=O)O. The summed E-state index contributed by atoms with van der Waals surface area (Å²) in [5, 5.41) is 27.5. The van der Waals surface area contributed by atoms with Crippen LogP contribution in [0, 0.1) is 11.6 Å². The molecule has 25 heavy (non-hydrogen) atoms. The molecule has 1 aromatic rings. The summed E-state index contributed by atoms with van der Waals surface area (Å²) in [6.45, 7) is 0.594. The standard InChI is InChI=1S/C15H15F2N3O5/c1-6(21)12(18)14-19-10(15(25)20(14)5-11(22)23)4-7-2-8(16)13(24)9(17)3-7/h2-4,6,12,21,24H,5,18H2,1H3,(H,22,23)/b10-4-/t6-,12+/m1/s1. The van der Waals surface area contributed by atoms with Gasteiger partial charge in [-0.1, -0.05) is 0 Å². The van der Waals surface area contributed by atoms with Crippen molar-refractivity contribution >= 4 is 23.8 Å². The van der Waals surface area contributed by atoms with Crippen molar-refractivity contribution < 1.29 is 33.7 Å². The number of carbonyl (C=O) groups excluding carboxylic acids is 1. The first-order chi connectivity index (χ1) is 11.6. The van der Waals surface area contributed by atoms with Crippen LogP contribution in [0.3, 0.4) is 0 Å². The maximum Gasteiger partial charge on any atom is 0.323 e. The number of carboxylic acids is 1. The van der Waals surface area contributed by atoms with Crippen LogP contribution in [-0.2, 0) is 9.59 Å². The molecule has 0 aromatic heterocycles.